The van der Waals surface area contributed by atoms with Gasteiger partial charge in [0.25, 0.3) is 0 Å². The van der Waals surface area contributed by atoms with Gasteiger partial charge in [-0.15, -0.1) is 13.2 Å². The Morgan fingerprint density at radius 3 is 1.78 bits per heavy atom. The first kappa shape index (κ1) is 49.1. The zero-order valence-electron chi connectivity index (χ0n) is 32.1. The number of ether oxygens (including phenoxy) is 1. The van der Waals surface area contributed by atoms with E-state index in [1.165, 1.54) is 18.9 Å². The summed E-state index contributed by atoms with van der Waals surface area (Å²) in [5, 5.41) is 3.82. The maximum atomic E-state index is 13.8. The summed E-state index contributed by atoms with van der Waals surface area (Å²) in [5.74, 6) is 0.535. The Balaban J connectivity index is 0. The van der Waals surface area contributed by atoms with Gasteiger partial charge >= 0.3 is 5.97 Å². The maximum absolute atomic E-state index is 13.8. The normalized spacial score (nSPS) is 14.3. The molecular formula is C41H69FN2O5S. The molecule has 50 heavy (non-hydrogen) atoms. The third kappa shape index (κ3) is 21.2. The van der Waals surface area contributed by atoms with Crippen molar-refractivity contribution in [3.63, 3.8) is 0 Å². The molecule has 2 saturated carbocycles. The molecule has 0 atom stereocenters. The van der Waals surface area contributed by atoms with Crippen molar-refractivity contribution in [1.82, 2.24) is 4.72 Å². The highest BCUT2D eigenvalue weighted by atomic mass is 32.2. The van der Waals surface area contributed by atoms with Crippen molar-refractivity contribution in [3.05, 3.63) is 73.1 Å². The molecule has 0 heterocycles. The predicted molar refractivity (Wildman–Crippen MR) is 211 cm³/mol. The monoisotopic (exact) mass is 720 g/mol. The number of nitrogens with one attached hydrogen (secondary N) is 1. The third-order valence-electron chi connectivity index (χ3n) is 7.74. The molecule has 2 aromatic rings. The standard InChI is InChI=1S/C16H16FNO.C9H16O2.C7H16.C6H13NO2S.C2H4.CH4/c1-12(2)19-18-11-13-7-3-4-8-14(13)15-9-5-6-10-16(15)17;1-7(2)9(10)11-8-5-3-4-6-8;1-6(2)7(3,4)5;1-5(2)7-10(8,9)6-3-4-6;1-2;/h3-12H,1-2H3;7-8H,3-6H2,1-2H3;6H,1-5H3;5-7H,3-4H2,1-2H3;1-2H2;1H4/b18-11+;;;;;. The third-order valence-corrected chi connectivity index (χ3v) is 9.89. The molecule has 2 aliphatic rings. The second-order valence-corrected chi connectivity index (χ2v) is 16.5. The lowest BCUT2D eigenvalue weighted by molar-refractivity contribution is -0.152. The van der Waals surface area contributed by atoms with E-state index in [9.17, 15) is 17.6 Å². The van der Waals surface area contributed by atoms with Crippen molar-refractivity contribution in [1.29, 1.82) is 0 Å². The topological polar surface area (TPSA) is 94.1 Å². The van der Waals surface area contributed by atoms with Crippen LogP contribution in [-0.2, 0) is 24.4 Å². The van der Waals surface area contributed by atoms with Crippen LogP contribution in [0.4, 0.5) is 4.39 Å². The van der Waals surface area contributed by atoms with Crippen LogP contribution in [0.2, 0.25) is 0 Å². The smallest absolute Gasteiger partial charge is 0.308 e. The fourth-order valence-electron chi connectivity index (χ4n) is 3.85. The van der Waals surface area contributed by atoms with Crippen LogP contribution in [0.5, 0.6) is 0 Å². The largest absolute Gasteiger partial charge is 0.462 e. The average Bonchev–Trinajstić information content (AvgIpc) is 3.77. The number of carbonyl (C=O) groups is 1. The van der Waals surface area contributed by atoms with Crippen molar-refractivity contribution in [3.8, 4) is 11.1 Å². The zero-order valence-corrected chi connectivity index (χ0v) is 32.9. The number of esters is 1. The summed E-state index contributed by atoms with van der Waals surface area (Å²) in [6.45, 7) is 28.5. The van der Waals surface area contributed by atoms with E-state index >= 15 is 0 Å². The van der Waals surface area contributed by atoms with Crippen LogP contribution in [0.25, 0.3) is 11.1 Å². The zero-order chi connectivity index (χ0) is 37.8. The molecular weight excluding hydrogens is 652 g/mol. The first-order valence-electron chi connectivity index (χ1n) is 17.6. The van der Waals surface area contributed by atoms with E-state index in [1.54, 1.807) is 18.3 Å². The van der Waals surface area contributed by atoms with Gasteiger partial charge in [-0.05, 0) is 89.2 Å². The molecule has 9 heteroatoms. The van der Waals surface area contributed by atoms with Crippen LogP contribution in [0.3, 0.4) is 0 Å². The van der Waals surface area contributed by atoms with E-state index < -0.39 is 10.0 Å². The molecule has 0 spiro atoms. The molecule has 2 fully saturated rings. The molecule has 4 rings (SSSR count). The van der Waals surface area contributed by atoms with Gasteiger partial charge in [0.1, 0.15) is 18.0 Å². The Labute approximate surface area is 305 Å². The summed E-state index contributed by atoms with van der Waals surface area (Å²) in [7, 11) is -2.94. The van der Waals surface area contributed by atoms with Gasteiger partial charge in [0.05, 0.1) is 17.4 Å². The van der Waals surface area contributed by atoms with E-state index in [2.05, 4.69) is 57.7 Å². The number of sulfonamides is 1. The van der Waals surface area contributed by atoms with E-state index in [1.807, 2.05) is 71.9 Å². The summed E-state index contributed by atoms with van der Waals surface area (Å²) < 4.78 is 43.8. The Morgan fingerprint density at radius 2 is 1.36 bits per heavy atom. The van der Waals surface area contributed by atoms with Gasteiger partial charge in [0, 0.05) is 17.2 Å². The van der Waals surface area contributed by atoms with Crippen LogP contribution in [0.15, 0.2) is 66.8 Å². The van der Waals surface area contributed by atoms with Crippen LogP contribution in [0.1, 0.15) is 128 Å². The molecule has 0 radical (unpaired) electrons. The maximum Gasteiger partial charge on any atom is 0.308 e. The number of hydrogen-bond donors (Lipinski definition) is 1. The number of rotatable bonds is 9. The van der Waals surface area contributed by atoms with Gasteiger partial charge in [0.2, 0.25) is 10.0 Å². The Morgan fingerprint density at radius 1 is 0.880 bits per heavy atom. The first-order valence-corrected chi connectivity index (χ1v) is 19.1. The Kier molecular flexibility index (Phi) is 24.5. The Hall–Kier alpha value is -3.04. The SMILES string of the molecule is C.C=C.CC(C)C(=O)OC1CCCC1.CC(C)C(C)(C)C.CC(C)NS(=O)(=O)C1CC1.CC(C)O/N=C/c1ccccc1-c1ccccc1F. The van der Waals surface area contributed by atoms with Gasteiger partial charge in [0.15, 0.2) is 0 Å². The van der Waals surface area contributed by atoms with E-state index in [4.69, 9.17) is 9.57 Å². The van der Waals surface area contributed by atoms with Gasteiger partial charge in [-0.25, -0.2) is 17.5 Å². The van der Waals surface area contributed by atoms with E-state index in [0.717, 1.165) is 42.7 Å². The van der Waals surface area contributed by atoms with Crippen LogP contribution >= 0.6 is 0 Å². The highest BCUT2D eigenvalue weighted by molar-refractivity contribution is 7.90. The average molecular weight is 721 g/mol. The summed E-state index contributed by atoms with van der Waals surface area (Å²) >= 11 is 0. The van der Waals surface area contributed by atoms with Crippen LogP contribution in [-0.4, -0.2) is 44.1 Å². The fourth-order valence-corrected chi connectivity index (χ4v) is 5.46. The van der Waals surface area contributed by atoms with Gasteiger partial charge in [-0.1, -0.05) is 104 Å². The molecule has 7 nitrogen and oxygen atoms in total. The predicted octanol–water partition coefficient (Wildman–Crippen LogP) is 11.0. The summed E-state index contributed by atoms with van der Waals surface area (Å²) in [6, 6.07) is 14.3. The van der Waals surface area contributed by atoms with Crippen molar-refractivity contribution in [2.45, 2.75) is 146 Å². The lowest BCUT2D eigenvalue weighted by Gasteiger charge is -2.22. The molecule has 0 aromatic heterocycles. The number of hydrogen-bond acceptors (Lipinski definition) is 6. The van der Waals surface area contributed by atoms with Crippen molar-refractivity contribution >= 4 is 22.2 Å². The minimum Gasteiger partial charge on any atom is -0.462 e. The number of halogens is 1. The molecule has 0 saturated heterocycles. The molecule has 2 aromatic carbocycles. The molecule has 0 aliphatic heterocycles. The van der Waals surface area contributed by atoms with Crippen molar-refractivity contribution < 1.29 is 27.2 Å². The van der Waals surface area contributed by atoms with Gasteiger partial charge < -0.3 is 9.57 Å². The molecule has 0 unspecified atom stereocenters. The summed E-state index contributed by atoms with van der Waals surface area (Å²) in [6.07, 6.45) is 8.11. The first-order chi connectivity index (χ1) is 22.8. The fraction of sp³-hybridized carbons (Fsp3) is 0.610. The van der Waals surface area contributed by atoms with Crippen LogP contribution < -0.4 is 4.72 Å². The molecule has 2 aliphatic carbocycles. The number of benzene rings is 2. The molecule has 1 N–H and O–H groups in total. The number of oxime groups is 1. The molecule has 0 bridgehead atoms. The van der Waals surface area contributed by atoms with Gasteiger partial charge in [-0.3, -0.25) is 4.79 Å². The minimum atomic E-state index is -2.94. The summed E-state index contributed by atoms with van der Waals surface area (Å²) in [5.41, 5.74) is 2.69. The second-order valence-electron chi connectivity index (χ2n) is 14.5. The minimum absolute atomic E-state index is 0. The lowest BCUT2D eigenvalue weighted by Crippen LogP contribution is -2.32. The van der Waals surface area contributed by atoms with Crippen LogP contribution in [0, 0.1) is 23.1 Å². The van der Waals surface area contributed by atoms with E-state index in [-0.39, 0.29) is 48.6 Å². The highest BCUT2D eigenvalue weighted by Crippen LogP contribution is 2.28. The number of nitrogens with zero attached hydrogens (tertiary/aromatic N) is 1. The molecule has 286 valence electrons. The van der Waals surface area contributed by atoms with Gasteiger partial charge in [-0.2, -0.15) is 0 Å². The number of carbonyl (C=O) groups excluding carboxylic acids is 1. The Bertz CT molecular complexity index is 1340. The quantitative estimate of drug-likeness (QED) is 0.120. The van der Waals surface area contributed by atoms with E-state index in [0.29, 0.717) is 11.0 Å². The summed E-state index contributed by atoms with van der Waals surface area (Å²) in [4.78, 5) is 16.2. The lowest BCUT2D eigenvalue weighted by atomic mass is 9.84. The molecule has 0 amide bonds. The van der Waals surface area contributed by atoms with Crippen molar-refractivity contribution in [2.75, 3.05) is 0 Å². The second kappa shape index (κ2) is 25.0. The van der Waals surface area contributed by atoms with Crippen molar-refractivity contribution in [2.24, 2.45) is 22.4 Å². The highest BCUT2D eigenvalue weighted by Gasteiger charge is 2.35.